The van der Waals surface area contributed by atoms with Gasteiger partial charge in [-0.3, -0.25) is 24.0 Å². The number of hydrogen-bond donors (Lipinski definition) is 1. The van der Waals surface area contributed by atoms with Crippen molar-refractivity contribution in [3.63, 3.8) is 0 Å². The molecule has 0 saturated carbocycles. The van der Waals surface area contributed by atoms with Crippen molar-refractivity contribution in [2.45, 2.75) is 47.1 Å². The van der Waals surface area contributed by atoms with E-state index in [4.69, 9.17) is 16.3 Å². The van der Waals surface area contributed by atoms with Gasteiger partial charge in [-0.05, 0) is 39.0 Å². The molecule has 1 heterocycles. The largest absolute Gasteiger partial charge is 0.451 e. The molecule has 1 aromatic carbocycles. The molecule has 29 heavy (non-hydrogen) atoms. The van der Waals surface area contributed by atoms with Gasteiger partial charge in [0.1, 0.15) is 11.8 Å². The number of Topliss-reactive ketones (excluding diaryl/α,β-unsaturated/α-hetero) is 3. The third-order valence-electron chi connectivity index (χ3n) is 4.75. The number of carbonyl (C=O) groups is 5. The zero-order chi connectivity index (χ0) is 22.3. The normalized spacial score (nSPS) is 19.5. The van der Waals surface area contributed by atoms with Gasteiger partial charge in [-0.2, -0.15) is 0 Å². The first-order valence-corrected chi connectivity index (χ1v) is 9.47. The smallest absolute Gasteiger partial charge is 0.318 e. The molecule has 1 N–H and O–H groups in total. The summed E-state index contributed by atoms with van der Waals surface area (Å²) in [5, 5.41) is 2.64. The summed E-state index contributed by atoms with van der Waals surface area (Å²) in [5.41, 5.74) is -2.01. The van der Waals surface area contributed by atoms with Gasteiger partial charge in [-0.15, -0.1) is 0 Å². The van der Waals surface area contributed by atoms with Crippen LogP contribution >= 0.6 is 11.6 Å². The lowest BCUT2D eigenvalue weighted by Crippen LogP contribution is -2.46. The topological polar surface area (TPSA) is 107 Å². The average molecular weight is 422 g/mol. The molecule has 1 saturated heterocycles. The lowest BCUT2D eigenvalue weighted by atomic mass is 9.74. The number of ketones is 3. The van der Waals surface area contributed by atoms with Crippen molar-refractivity contribution in [1.29, 1.82) is 0 Å². The minimum Gasteiger partial charge on any atom is -0.451 e. The fourth-order valence-electron chi connectivity index (χ4n) is 3.07. The molecule has 1 fully saturated rings. The van der Waals surface area contributed by atoms with Crippen LogP contribution in [0.1, 0.15) is 51.9 Å². The van der Waals surface area contributed by atoms with Crippen LogP contribution in [-0.4, -0.2) is 34.8 Å². The molecule has 0 aliphatic carbocycles. The number of carbonyl (C=O) groups excluding carboxylic acids is 5. The Morgan fingerprint density at radius 2 is 1.76 bits per heavy atom. The van der Waals surface area contributed by atoms with Gasteiger partial charge < -0.3 is 10.1 Å². The van der Waals surface area contributed by atoms with Crippen LogP contribution in [0.4, 0.5) is 5.69 Å². The quantitative estimate of drug-likeness (QED) is 0.444. The van der Waals surface area contributed by atoms with E-state index >= 15 is 0 Å². The van der Waals surface area contributed by atoms with Crippen LogP contribution in [0.3, 0.4) is 0 Å². The summed E-state index contributed by atoms with van der Waals surface area (Å²) in [7, 11) is 0. The van der Waals surface area contributed by atoms with Crippen molar-refractivity contribution in [3.8, 4) is 0 Å². The average Bonchev–Trinajstić information content (AvgIpc) is 2.77. The Labute approximate surface area is 174 Å². The molecular formula is C21H24ClNO6. The van der Waals surface area contributed by atoms with Gasteiger partial charge in [0, 0.05) is 11.0 Å². The summed E-state index contributed by atoms with van der Waals surface area (Å²) in [6, 6.07) is 4.31. The Hall–Kier alpha value is -2.54. The van der Waals surface area contributed by atoms with Crippen LogP contribution in [0.15, 0.2) is 18.2 Å². The van der Waals surface area contributed by atoms with Gasteiger partial charge >= 0.3 is 5.97 Å². The maximum atomic E-state index is 13.1. The van der Waals surface area contributed by atoms with Gasteiger partial charge in [-0.1, -0.05) is 32.4 Å². The Kier molecular flexibility index (Phi) is 6.04. The zero-order valence-corrected chi connectivity index (χ0v) is 18.0. The molecule has 0 bridgehead atoms. The van der Waals surface area contributed by atoms with E-state index in [0.29, 0.717) is 5.56 Å². The number of esters is 1. The lowest BCUT2D eigenvalue weighted by molar-refractivity contribution is -0.153. The fraction of sp³-hybridized carbons (Fsp3) is 0.476. The highest BCUT2D eigenvalue weighted by molar-refractivity contribution is 6.34. The minimum absolute atomic E-state index is 0.106. The van der Waals surface area contributed by atoms with Crippen LogP contribution in [0, 0.1) is 17.3 Å². The van der Waals surface area contributed by atoms with Crippen molar-refractivity contribution in [3.05, 3.63) is 28.8 Å². The Morgan fingerprint density at radius 3 is 2.21 bits per heavy atom. The first-order chi connectivity index (χ1) is 13.2. The molecule has 8 heteroatoms. The second-order valence-corrected chi connectivity index (χ2v) is 9.01. The number of ether oxygens (including phenoxy) is 1. The summed E-state index contributed by atoms with van der Waals surface area (Å²) in [6.45, 7) is 8.96. The maximum absolute atomic E-state index is 13.1. The second-order valence-electron chi connectivity index (χ2n) is 8.61. The molecule has 0 spiro atoms. The molecule has 0 radical (unpaired) electrons. The number of halogens is 1. The number of cyclic esters (lactones) is 1. The fourth-order valence-corrected chi connectivity index (χ4v) is 3.24. The van der Waals surface area contributed by atoms with E-state index in [1.54, 1.807) is 20.8 Å². The molecule has 2 unspecified atom stereocenters. The highest BCUT2D eigenvalue weighted by Crippen LogP contribution is 2.36. The van der Waals surface area contributed by atoms with E-state index in [2.05, 4.69) is 5.32 Å². The molecule has 2 atom stereocenters. The van der Waals surface area contributed by atoms with E-state index in [1.165, 1.54) is 39.0 Å². The van der Waals surface area contributed by atoms with Gasteiger partial charge in [0.2, 0.25) is 5.91 Å². The number of benzene rings is 1. The van der Waals surface area contributed by atoms with E-state index in [0.717, 1.165) is 0 Å². The molecule has 156 valence electrons. The van der Waals surface area contributed by atoms with Crippen LogP contribution in [0.25, 0.3) is 0 Å². The molecule has 1 amide bonds. The predicted octanol–water partition coefficient (Wildman–Crippen LogP) is 3.23. The van der Waals surface area contributed by atoms with Gasteiger partial charge in [0.25, 0.3) is 0 Å². The number of hydrogen-bond acceptors (Lipinski definition) is 6. The number of nitrogens with one attached hydrogen (secondary N) is 1. The number of anilines is 1. The molecule has 1 aromatic rings. The van der Waals surface area contributed by atoms with Crippen LogP contribution in [0.2, 0.25) is 5.02 Å². The first-order valence-electron chi connectivity index (χ1n) is 9.09. The second kappa shape index (κ2) is 7.71. The highest BCUT2D eigenvalue weighted by atomic mass is 35.5. The summed E-state index contributed by atoms with van der Waals surface area (Å²) in [6.07, 6.45) is 0. The molecule has 1 aliphatic rings. The lowest BCUT2D eigenvalue weighted by Gasteiger charge is -2.26. The van der Waals surface area contributed by atoms with Gasteiger partial charge in [-0.25, -0.2) is 0 Å². The summed E-state index contributed by atoms with van der Waals surface area (Å²) in [5.74, 6) is -6.37. The summed E-state index contributed by atoms with van der Waals surface area (Å²) < 4.78 is 5.10. The predicted molar refractivity (Wildman–Crippen MR) is 107 cm³/mol. The number of rotatable bonds is 5. The zero-order valence-electron chi connectivity index (χ0n) is 17.2. The Bertz CT molecular complexity index is 912. The van der Waals surface area contributed by atoms with Crippen molar-refractivity contribution in [1.82, 2.24) is 0 Å². The van der Waals surface area contributed by atoms with Gasteiger partial charge in [0.05, 0.1) is 10.7 Å². The molecule has 2 rings (SSSR count). The monoisotopic (exact) mass is 421 g/mol. The van der Waals surface area contributed by atoms with E-state index in [9.17, 15) is 24.0 Å². The van der Waals surface area contributed by atoms with Gasteiger partial charge in [0.15, 0.2) is 23.0 Å². The van der Waals surface area contributed by atoms with E-state index in [-0.39, 0.29) is 16.5 Å². The molecular weight excluding hydrogens is 398 g/mol. The molecule has 0 aromatic heterocycles. The van der Waals surface area contributed by atoms with Crippen molar-refractivity contribution >= 4 is 46.5 Å². The third kappa shape index (κ3) is 4.56. The van der Waals surface area contributed by atoms with Crippen LogP contribution in [-0.2, 0) is 23.9 Å². The van der Waals surface area contributed by atoms with Crippen molar-refractivity contribution < 1.29 is 28.7 Å². The SMILES string of the molecule is CC(=O)c1ccc(Cl)c(NC(=O)C(C(=O)C(C)(C)C)C2C(=O)OC(C)(C)C2=O)c1. The van der Waals surface area contributed by atoms with Crippen LogP contribution in [0.5, 0.6) is 0 Å². The first kappa shape index (κ1) is 22.7. The van der Waals surface area contributed by atoms with Crippen LogP contribution < -0.4 is 5.32 Å². The van der Waals surface area contributed by atoms with E-state index < -0.39 is 46.3 Å². The summed E-state index contributed by atoms with van der Waals surface area (Å²) in [4.78, 5) is 62.9. The van der Waals surface area contributed by atoms with Crippen molar-refractivity contribution in [2.75, 3.05) is 5.32 Å². The Balaban J connectivity index is 2.48. The molecule has 1 aliphatic heterocycles. The highest BCUT2D eigenvalue weighted by Gasteiger charge is 2.57. The maximum Gasteiger partial charge on any atom is 0.318 e. The van der Waals surface area contributed by atoms with E-state index in [1.807, 2.05) is 0 Å². The standard InChI is InChI=1S/C21H24ClNO6/c1-10(24)11-7-8-12(22)13(9-11)23-18(27)14(16(25)20(2,3)4)15-17(26)21(5,6)29-19(15)28/h7-9,14-15H,1-6H3,(H,23,27). The minimum atomic E-state index is -1.59. The third-order valence-corrected chi connectivity index (χ3v) is 5.08. The van der Waals surface area contributed by atoms with Crippen molar-refractivity contribution in [2.24, 2.45) is 17.3 Å². The summed E-state index contributed by atoms with van der Waals surface area (Å²) >= 11 is 6.11. The Morgan fingerprint density at radius 1 is 1.17 bits per heavy atom. The number of amides is 1. The molecule has 7 nitrogen and oxygen atoms in total.